The lowest BCUT2D eigenvalue weighted by molar-refractivity contribution is -0.122. The summed E-state index contributed by atoms with van der Waals surface area (Å²) < 4.78 is 1.71. The van der Waals surface area contributed by atoms with Gasteiger partial charge < -0.3 is 10.6 Å². The number of benzene rings is 1. The first kappa shape index (κ1) is 17.7. The van der Waals surface area contributed by atoms with Gasteiger partial charge in [0.25, 0.3) is 5.91 Å². The second-order valence-corrected chi connectivity index (χ2v) is 6.06. The van der Waals surface area contributed by atoms with Crippen LogP contribution in [0, 0.1) is 5.92 Å². The van der Waals surface area contributed by atoms with Crippen molar-refractivity contribution in [1.29, 1.82) is 0 Å². The summed E-state index contributed by atoms with van der Waals surface area (Å²) in [5, 5.41) is 9.44. The number of hydrogen-bond donors (Lipinski definition) is 2. The predicted molar refractivity (Wildman–Crippen MR) is 90.3 cm³/mol. The Morgan fingerprint density at radius 2 is 1.92 bits per heavy atom. The molecule has 0 saturated heterocycles. The van der Waals surface area contributed by atoms with E-state index in [4.69, 9.17) is 0 Å². The van der Waals surface area contributed by atoms with Crippen molar-refractivity contribution < 1.29 is 9.59 Å². The highest BCUT2D eigenvalue weighted by Gasteiger charge is 2.21. The Bertz CT molecular complexity index is 665. The van der Waals surface area contributed by atoms with Crippen molar-refractivity contribution in [2.45, 2.75) is 32.9 Å². The van der Waals surface area contributed by atoms with Gasteiger partial charge in [-0.3, -0.25) is 9.59 Å². The number of nitrogens with one attached hydrogen (secondary N) is 2. The molecule has 1 aromatic heterocycles. The third-order valence-corrected chi connectivity index (χ3v) is 3.60. The average Bonchev–Trinajstić information content (AvgIpc) is 3.06. The minimum Gasteiger partial charge on any atom is -0.357 e. The fourth-order valence-corrected chi connectivity index (χ4v) is 2.38. The highest BCUT2D eigenvalue weighted by Crippen LogP contribution is 2.09. The van der Waals surface area contributed by atoms with Crippen LogP contribution in [0.1, 0.15) is 36.2 Å². The molecule has 24 heavy (non-hydrogen) atoms. The second kappa shape index (κ2) is 8.24. The molecule has 0 fully saturated rings. The Morgan fingerprint density at radius 1 is 1.21 bits per heavy atom. The van der Waals surface area contributed by atoms with Gasteiger partial charge in [0.15, 0.2) is 0 Å². The minimum atomic E-state index is -0.530. The molecule has 7 nitrogen and oxygen atoms in total. The van der Waals surface area contributed by atoms with Crippen LogP contribution in [-0.2, 0) is 11.3 Å². The Morgan fingerprint density at radius 3 is 2.46 bits per heavy atom. The first-order valence-corrected chi connectivity index (χ1v) is 7.93. The van der Waals surface area contributed by atoms with E-state index in [1.807, 2.05) is 26.0 Å². The van der Waals surface area contributed by atoms with E-state index in [0.29, 0.717) is 24.4 Å². The maximum atomic E-state index is 12.4. The SMILES string of the molecule is CNC(=O)C(CC(C)C)NC(=O)c1ccc(Cn2cncn2)cc1. The van der Waals surface area contributed by atoms with E-state index in [1.54, 1.807) is 30.2 Å². The summed E-state index contributed by atoms with van der Waals surface area (Å²) in [5.41, 5.74) is 1.54. The van der Waals surface area contributed by atoms with Gasteiger partial charge in [0, 0.05) is 12.6 Å². The van der Waals surface area contributed by atoms with Crippen LogP contribution in [0.3, 0.4) is 0 Å². The summed E-state index contributed by atoms with van der Waals surface area (Å²) in [4.78, 5) is 28.2. The Balaban J connectivity index is 2.01. The van der Waals surface area contributed by atoms with Crippen LogP contribution in [0.4, 0.5) is 0 Å². The zero-order chi connectivity index (χ0) is 17.5. The molecule has 1 heterocycles. The zero-order valence-electron chi connectivity index (χ0n) is 14.2. The smallest absolute Gasteiger partial charge is 0.251 e. The fraction of sp³-hybridized carbons (Fsp3) is 0.412. The van der Waals surface area contributed by atoms with Gasteiger partial charge in [-0.1, -0.05) is 26.0 Å². The Labute approximate surface area is 141 Å². The van der Waals surface area contributed by atoms with Gasteiger partial charge in [-0.15, -0.1) is 0 Å². The van der Waals surface area contributed by atoms with Crippen molar-refractivity contribution in [1.82, 2.24) is 25.4 Å². The molecule has 0 bridgehead atoms. The molecule has 0 aliphatic carbocycles. The molecule has 0 radical (unpaired) electrons. The van der Waals surface area contributed by atoms with E-state index in [1.165, 1.54) is 6.33 Å². The first-order chi connectivity index (χ1) is 11.5. The van der Waals surface area contributed by atoms with Gasteiger partial charge in [0.1, 0.15) is 18.7 Å². The van der Waals surface area contributed by atoms with E-state index in [-0.39, 0.29) is 11.8 Å². The number of carbonyl (C=O) groups is 2. The van der Waals surface area contributed by atoms with Crippen LogP contribution < -0.4 is 10.6 Å². The molecule has 1 unspecified atom stereocenters. The fourth-order valence-electron chi connectivity index (χ4n) is 2.38. The zero-order valence-corrected chi connectivity index (χ0v) is 14.2. The van der Waals surface area contributed by atoms with E-state index in [2.05, 4.69) is 20.7 Å². The lowest BCUT2D eigenvalue weighted by Gasteiger charge is -2.19. The molecule has 2 N–H and O–H groups in total. The molecule has 0 saturated carbocycles. The number of likely N-dealkylation sites (N-methyl/N-ethyl adjacent to an activating group) is 1. The van der Waals surface area contributed by atoms with E-state index in [0.717, 1.165) is 5.56 Å². The molecule has 0 aliphatic rings. The lowest BCUT2D eigenvalue weighted by Crippen LogP contribution is -2.46. The van der Waals surface area contributed by atoms with Crippen molar-refractivity contribution in [3.8, 4) is 0 Å². The van der Waals surface area contributed by atoms with Crippen LogP contribution in [0.5, 0.6) is 0 Å². The van der Waals surface area contributed by atoms with Crippen molar-refractivity contribution in [2.24, 2.45) is 5.92 Å². The Kier molecular flexibility index (Phi) is 6.06. The van der Waals surface area contributed by atoms with Gasteiger partial charge in [0.05, 0.1) is 6.54 Å². The highest BCUT2D eigenvalue weighted by molar-refractivity contribution is 5.97. The maximum Gasteiger partial charge on any atom is 0.251 e. The first-order valence-electron chi connectivity index (χ1n) is 7.93. The van der Waals surface area contributed by atoms with E-state index < -0.39 is 6.04 Å². The summed E-state index contributed by atoms with van der Waals surface area (Å²) in [5.74, 6) is -0.130. The maximum absolute atomic E-state index is 12.4. The standard InChI is InChI=1S/C17H23N5O2/c1-12(2)8-15(17(24)18-3)21-16(23)14-6-4-13(5-7-14)9-22-11-19-10-20-22/h4-7,10-12,15H,8-9H2,1-3H3,(H,18,24)(H,21,23). The van der Waals surface area contributed by atoms with Crippen LogP contribution in [0.2, 0.25) is 0 Å². The molecule has 2 amide bonds. The molecular formula is C17H23N5O2. The summed E-state index contributed by atoms with van der Waals surface area (Å²) in [6.45, 7) is 4.62. The quantitative estimate of drug-likeness (QED) is 0.799. The van der Waals surface area contributed by atoms with Gasteiger partial charge in [-0.2, -0.15) is 5.10 Å². The van der Waals surface area contributed by atoms with Gasteiger partial charge in [-0.25, -0.2) is 9.67 Å². The monoisotopic (exact) mass is 329 g/mol. The summed E-state index contributed by atoms with van der Waals surface area (Å²) in [7, 11) is 1.57. The normalized spacial score (nSPS) is 12.0. The van der Waals surface area contributed by atoms with Crippen LogP contribution in [0.15, 0.2) is 36.9 Å². The molecule has 1 atom stereocenters. The number of aromatic nitrogens is 3. The van der Waals surface area contributed by atoms with Gasteiger partial charge in [0.2, 0.25) is 5.91 Å². The lowest BCUT2D eigenvalue weighted by atomic mass is 10.0. The molecule has 7 heteroatoms. The average molecular weight is 329 g/mol. The number of carbonyl (C=O) groups excluding carboxylic acids is 2. The van der Waals surface area contributed by atoms with Crippen molar-refractivity contribution >= 4 is 11.8 Å². The molecule has 1 aromatic carbocycles. The number of hydrogen-bond acceptors (Lipinski definition) is 4. The van der Waals surface area contributed by atoms with Crippen LogP contribution >= 0.6 is 0 Å². The summed E-state index contributed by atoms with van der Waals surface area (Å²) in [6.07, 6.45) is 3.71. The Hall–Kier alpha value is -2.70. The molecule has 2 aromatic rings. The van der Waals surface area contributed by atoms with Crippen molar-refractivity contribution in [3.63, 3.8) is 0 Å². The van der Waals surface area contributed by atoms with Crippen molar-refractivity contribution in [2.75, 3.05) is 7.05 Å². The van der Waals surface area contributed by atoms with Crippen LogP contribution in [-0.4, -0.2) is 39.7 Å². The number of amides is 2. The largest absolute Gasteiger partial charge is 0.357 e. The summed E-state index contributed by atoms with van der Waals surface area (Å²) >= 11 is 0. The predicted octanol–water partition coefficient (Wildman–Crippen LogP) is 1.22. The van der Waals surface area contributed by atoms with Gasteiger partial charge in [-0.05, 0) is 30.0 Å². The molecule has 0 aliphatic heterocycles. The topological polar surface area (TPSA) is 88.9 Å². The highest BCUT2D eigenvalue weighted by atomic mass is 16.2. The molecule has 2 rings (SSSR count). The third-order valence-electron chi connectivity index (χ3n) is 3.60. The van der Waals surface area contributed by atoms with E-state index in [9.17, 15) is 9.59 Å². The van der Waals surface area contributed by atoms with Crippen LogP contribution in [0.25, 0.3) is 0 Å². The molecule has 0 spiro atoms. The second-order valence-electron chi connectivity index (χ2n) is 6.06. The number of nitrogens with zero attached hydrogens (tertiary/aromatic N) is 3. The molecule has 128 valence electrons. The van der Waals surface area contributed by atoms with Gasteiger partial charge >= 0.3 is 0 Å². The van der Waals surface area contributed by atoms with Crippen molar-refractivity contribution in [3.05, 3.63) is 48.0 Å². The summed E-state index contributed by atoms with van der Waals surface area (Å²) in [6, 6.07) is 6.70. The minimum absolute atomic E-state index is 0.181. The molecular weight excluding hydrogens is 306 g/mol. The number of rotatable bonds is 7. The third kappa shape index (κ3) is 4.91. The van der Waals surface area contributed by atoms with E-state index >= 15 is 0 Å².